The number of imide groups is 1. The molecule has 0 saturated carbocycles. The Morgan fingerprint density at radius 1 is 0.943 bits per heavy atom. The second-order valence-electron chi connectivity index (χ2n) is 7.91. The van der Waals surface area contributed by atoms with Crippen molar-refractivity contribution >= 4 is 29.2 Å². The van der Waals surface area contributed by atoms with Crippen molar-refractivity contribution in [2.75, 3.05) is 24.4 Å². The Morgan fingerprint density at radius 3 is 2.29 bits per heavy atom. The lowest BCUT2D eigenvalue weighted by Gasteiger charge is -2.22. The van der Waals surface area contributed by atoms with Crippen molar-refractivity contribution in [3.8, 4) is 11.5 Å². The van der Waals surface area contributed by atoms with Gasteiger partial charge < -0.3 is 19.7 Å². The zero-order valence-corrected chi connectivity index (χ0v) is 19.2. The predicted octanol–water partition coefficient (Wildman–Crippen LogP) is 4.21. The molecule has 1 saturated heterocycles. The molecule has 1 heterocycles. The Bertz CT molecular complexity index is 1230. The minimum atomic E-state index is -1.03. The number of anilines is 2. The summed E-state index contributed by atoms with van der Waals surface area (Å²) in [4.78, 5) is 42.1. The Morgan fingerprint density at radius 2 is 1.63 bits per heavy atom. The number of methoxy groups -OCH3 is 2. The van der Waals surface area contributed by atoms with E-state index >= 15 is 0 Å². The van der Waals surface area contributed by atoms with Crippen molar-refractivity contribution < 1.29 is 28.2 Å². The minimum absolute atomic E-state index is 0.115. The van der Waals surface area contributed by atoms with Crippen LogP contribution in [0.4, 0.5) is 20.6 Å². The summed E-state index contributed by atoms with van der Waals surface area (Å²) in [6.07, 6.45) is -0.265. The summed E-state index contributed by atoms with van der Waals surface area (Å²) in [6.45, 7) is 0.115. The van der Waals surface area contributed by atoms with E-state index in [1.54, 1.807) is 55.6 Å². The quantitative estimate of drug-likeness (QED) is 0.491. The lowest BCUT2D eigenvalue weighted by molar-refractivity contribution is -0.124. The van der Waals surface area contributed by atoms with Gasteiger partial charge in [0.05, 0.1) is 26.3 Å². The van der Waals surface area contributed by atoms with Gasteiger partial charge in [0.15, 0.2) is 0 Å². The van der Waals surface area contributed by atoms with Crippen molar-refractivity contribution in [3.63, 3.8) is 0 Å². The van der Waals surface area contributed by atoms with Crippen LogP contribution in [0.25, 0.3) is 0 Å². The van der Waals surface area contributed by atoms with Gasteiger partial charge in [0, 0.05) is 18.3 Å². The summed E-state index contributed by atoms with van der Waals surface area (Å²) in [7, 11) is 3.05. The molecular weight excluding hydrogens is 453 g/mol. The Kier molecular flexibility index (Phi) is 6.96. The summed E-state index contributed by atoms with van der Waals surface area (Å²) in [6, 6.07) is 17.4. The van der Waals surface area contributed by atoms with Crippen molar-refractivity contribution in [3.05, 3.63) is 84.2 Å². The van der Waals surface area contributed by atoms with Crippen molar-refractivity contribution in [1.29, 1.82) is 0 Å². The van der Waals surface area contributed by atoms with Gasteiger partial charge in [0.2, 0.25) is 5.91 Å². The van der Waals surface area contributed by atoms with E-state index in [-0.39, 0.29) is 13.0 Å². The van der Waals surface area contributed by atoms with E-state index in [1.807, 2.05) is 0 Å². The fourth-order valence-corrected chi connectivity index (χ4v) is 3.85. The predicted molar refractivity (Wildman–Crippen MR) is 128 cm³/mol. The van der Waals surface area contributed by atoms with Gasteiger partial charge in [-0.1, -0.05) is 18.2 Å². The van der Waals surface area contributed by atoms with Crippen molar-refractivity contribution in [2.24, 2.45) is 0 Å². The number of halogens is 1. The van der Waals surface area contributed by atoms with Gasteiger partial charge in [-0.2, -0.15) is 0 Å². The highest BCUT2D eigenvalue weighted by Crippen LogP contribution is 2.31. The number of amides is 4. The fourth-order valence-electron chi connectivity index (χ4n) is 3.85. The first-order valence-corrected chi connectivity index (χ1v) is 10.9. The smallest absolute Gasteiger partial charge is 0.332 e. The van der Waals surface area contributed by atoms with Gasteiger partial charge >= 0.3 is 6.03 Å². The van der Waals surface area contributed by atoms with Gasteiger partial charge in [-0.05, 0) is 54.1 Å². The number of hydrogen-bond donors (Lipinski definition) is 1. The van der Waals surface area contributed by atoms with Crippen LogP contribution in [0, 0.1) is 5.82 Å². The summed E-state index contributed by atoms with van der Waals surface area (Å²) in [5.74, 6) is -0.284. The molecule has 1 N–H and O–H groups in total. The van der Waals surface area contributed by atoms with Crippen LogP contribution in [0.3, 0.4) is 0 Å². The first-order valence-electron chi connectivity index (χ1n) is 10.9. The molecule has 0 aliphatic carbocycles. The highest BCUT2D eigenvalue weighted by molar-refractivity contribution is 6.22. The van der Waals surface area contributed by atoms with Crippen LogP contribution in [-0.2, 0) is 16.1 Å². The zero-order chi connectivity index (χ0) is 24.9. The third-order valence-electron chi connectivity index (χ3n) is 5.65. The number of nitrogens with one attached hydrogen (secondary N) is 1. The molecule has 35 heavy (non-hydrogen) atoms. The third-order valence-corrected chi connectivity index (χ3v) is 5.65. The van der Waals surface area contributed by atoms with E-state index in [9.17, 15) is 18.8 Å². The molecule has 3 aromatic carbocycles. The number of carbonyl (C=O) groups excluding carboxylic acids is 3. The summed E-state index contributed by atoms with van der Waals surface area (Å²) < 4.78 is 23.6. The fraction of sp³-hybridized carbons (Fsp3) is 0.192. The number of hydrogen-bond acceptors (Lipinski definition) is 5. The van der Waals surface area contributed by atoms with Crippen LogP contribution < -0.4 is 19.7 Å². The zero-order valence-electron chi connectivity index (χ0n) is 19.2. The Balaban J connectivity index is 1.61. The third kappa shape index (κ3) is 5.24. The monoisotopic (exact) mass is 477 g/mol. The Hall–Kier alpha value is -4.40. The lowest BCUT2D eigenvalue weighted by Crippen LogP contribution is -2.37. The number of rotatable bonds is 8. The summed E-state index contributed by atoms with van der Waals surface area (Å²) in [5, 5.41) is 2.65. The molecule has 4 amide bonds. The SMILES string of the molecule is COc1ccc(CN2C(=O)N(c3cccc(OC)c3)C(=O)[C@@H]2CC(=O)Nc2ccc(F)cc2)cc1. The molecule has 0 radical (unpaired) electrons. The van der Waals surface area contributed by atoms with Gasteiger partial charge in [0.1, 0.15) is 23.4 Å². The lowest BCUT2D eigenvalue weighted by atomic mass is 10.1. The van der Waals surface area contributed by atoms with E-state index in [4.69, 9.17) is 9.47 Å². The maximum absolute atomic E-state index is 13.4. The van der Waals surface area contributed by atoms with Gasteiger partial charge in [-0.15, -0.1) is 0 Å². The standard InChI is InChI=1S/C26H24FN3O5/c1-34-21-12-6-17(7-13-21)16-29-23(15-24(31)28-19-10-8-18(27)9-11-19)25(32)30(26(29)33)20-4-3-5-22(14-20)35-2/h3-14,23H,15-16H2,1-2H3,(H,28,31)/t23-/m0/s1. The first-order chi connectivity index (χ1) is 16.9. The molecule has 8 nitrogen and oxygen atoms in total. The molecular formula is C26H24FN3O5. The maximum atomic E-state index is 13.4. The highest BCUT2D eigenvalue weighted by atomic mass is 19.1. The second kappa shape index (κ2) is 10.3. The van der Waals surface area contributed by atoms with E-state index in [0.717, 1.165) is 10.5 Å². The van der Waals surface area contributed by atoms with Gasteiger partial charge in [0.25, 0.3) is 5.91 Å². The first kappa shape index (κ1) is 23.7. The molecule has 0 spiro atoms. The highest BCUT2D eigenvalue weighted by Gasteiger charge is 2.46. The number of benzene rings is 3. The normalized spacial score (nSPS) is 15.3. The average molecular weight is 477 g/mol. The van der Waals surface area contributed by atoms with E-state index in [1.165, 1.54) is 36.3 Å². The number of urea groups is 1. The summed E-state index contributed by atoms with van der Waals surface area (Å²) >= 11 is 0. The molecule has 0 aromatic heterocycles. The molecule has 180 valence electrons. The molecule has 9 heteroatoms. The Labute approximate surface area is 201 Å². The molecule has 1 atom stereocenters. The second-order valence-corrected chi connectivity index (χ2v) is 7.91. The van der Waals surface area contributed by atoms with Crippen LogP contribution >= 0.6 is 0 Å². The summed E-state index contributed by atoms with van der Waals surface area (Å²) in [5.41, 5.74) is 1.50. The van der Waals surface area contributed by atoms with Crippen molar-refractivity contribution in [2.45, 2.75) is 19.0 Å². The van der Waals surface area contributed by atoms with Gasteiger partial charge in [-0.3, -0.25) is 9.59 Å². The molecule has 1 aliphatic heterocycles. The topological polar surface area (TPSA) is 88.2 Å². The minimum Gasteiger partial charge on any atom is -0.497 e. The van der Waals surface area contributed by atoms with Crippen LogP contribution in [0.2, 0.25) is 0 Å². The molecule has 1 aliphatic rings. The molecule has 3 aromatic rings. The van der Waals surface area contributed by atoms with Crippen LogP contribution in [0.1, 0.15) is 12.0 Å². The molecule has 4 rings (SSSR count). The molecule has 0 unspecified atom stereocenters. The van der Waals surface area contributed by atoms with Crippen LogP contribution in [0.15, 0.2) is 72.8 Å². The largest absolute Gasteiger partial charge is 0.497 e. The number of carbonyl (C=O) groups is 3. The van der Waals surface area contributed by atoms with Crippen LogP contribution in [0.5, 0.6) is 11.5 Å². The maximum Gasteiger partial charge on any atom is 0.332 e. The number of ether oxygens (including phenoxy) is 2. The molecule has 1 fully saturated rings. The number of nitrogens with zero attached hydrogens (tertiary/aromatic N) is 2. The van der Waals surface area contributed by atoms with Crippen molar-refractivity contribution in [1.82, 2.24) is 4.90 Å². The molecule has 0 bridgehead atoms. The van der Waals surface area contributed by atoms with Gasteiger partial charge in [-0.25, -0.2) is 14.1 Å². The average Bonchev–Trinajstić information content (AvgIpc) is 3.09. The van der Waals surface area contributed by atoms with Crippen LogP contribution in [-0.4, -0.2) is 43.0 Å². The van der Waals surface area contributed by atoms with E-state index in [0.29, 0.717) is 22.9 Å². The van der Waals surface area contributed by atoms with E-state index < -0.39 is 29.7 Å². The van der Waals surface area contributed by atoms with E-state index in [2.05, 4.69) is 5.32 Å².